The molecule has 1 fully saturated rings. The SMILES string of the molecule is O=C(C=Cc1ccccc1)N1CCC(Oc2ccncc2Cl)C1. The Morgan fingerprint density at radius 2 is 2.13 bits per heavy atom. The number of carbonyl (C=O) groups is 1. The average molecular weight is 329 g/mol. The van der Waals surface area contributed by atoms with Gasteiger partial charge >= 0.3 is 0 Å². The van der Waals surface area contributed by atoms with E-state index >= 15 is 0 Å². The van der Waals surface area contributed by atoms with Crippen molar-refractivity contribution in [3.05, 3.63) is 65.5 Å². The Morgan fingerprint density at radius 3 is 2.91 bits per heavy atom. The molecule has 3 rings (SSSR count). The quantitative estimate of drug-likeness (QED) is 0.808. The summed E-state index contributed by atoms with van der Waals surface area (Å²) in [6, 6.07) is 11.5. The van der Waals surface area contributed by atoms with Crippen LogP contribution in [0.2, 0.25) is 5.02 Å². The van der Waals surface area contributed by atoms with Crippen LogP contribution in [0.1, 0.15) is 12.0 Å². The number of ether oxygens (including phenoxy) is 1. The second-order valence-corrected chi connectivity index (χ2v) is 5.77. The summed E-state index contributed by atoms with van der Waals surface area (Å²) in [6.45, 7) is 1.25. The lowest BCUT2D eigenvalue weighted by atomic mass is 10.2. The summed E-state index contributed by atoms with van der Waals surface area (Å²) in [5.41, 5.74) is 1.01. The Morgan fingerprint density at radius 1 is 1.30 bits per heavy atom. The van der Waals surface area contributed by atoms with Gasteiger partial charge in [-0.05, 0) is 11.6 Å². The van der Waals surface area contributed by atoms with Gasteiger partial charge in [-0.2, -0.15) is 0 Å². The van der Waals surface area contributed by atoms with E-state index in [1.165, 1.54) is 0 Å². The lowest BCUT2D eigenvalue weighted by molar-refractivity contribution is -0.125. The maximum absolute atomic E-state index is 12.2. The van der Waals surface area contributed by atoms with E-state index in [0.717, 1.165) is 12.0 Å². The highest BCUT2D eigenvalue weighted by molar-refractivity contribution is 6.31. The van der Waals surface area contributed by atoms with Crippen LogP contribution in [0.5, 0.6) is 5.75 Å². The molecule has 1 unspecified atom stereocenters. The molecule has 1 aromatic heterocycles. The first-order valence-corrected chi connectivity index (χ1v) is 7.88. The predicted octanol–water partition coefficient (Wildman–Crippen LogP) is 3.43. The Hall–Kier alpha value is -2.33. The number of halogens is 1. The molecule has 2 heterocycles. The molecule has 1 aliphatic rings. The molecule has 1 amide bonds. The molecule has 0 bridgehead atoms. The number of pyridine rings is 1. The van der Waals surface area contributed by atoms with Gasteiger partial charge in [-0.25, -0.2) is 0 Å². The summed E-state index contributed by atoms with van der Waals surface area (Å²) in [5, 5.41) is 0.487. The number of likely N-dealkylation sites (tertiary alicyclic amines) is 1. The number of rotatable bonds is 4. The molecule has 0 saturated carbocycles. The first kappa shape index (κ1) is 15.6. The minimum atomic E-state index is -0.0380. The third-order valence-corrected chi connectivity index (χ3v) is 3.99. The highest BCUT2D eigenvalue weighted by Gasteiger charge is 2.26. The van der Waals surface area contributed by atoms with Gasteiger partial charge in [-0.1, -0.05) is 41.9 Å². The molecule has 0 aliphatic carbocycles. The zero-order valence-electron chi connectivity index (χ0n) is 12.6. The fourth-order valence-electron chi connectivity index (χ4n) is 2.50. The van der Waals surface area contributed by atoms with E-state index in [4.69, 9.17) is 16.3 Å². The Kier molecular flexibility index (Phi) is 4.93. The summed E-state index contributed by atoms with van der Waals surface area (Å²) in [6.07, 6.45) is 7.39. The van der Waals surface area contributed by atoms with Crippen molar-refractivity contribution in [2.45, 2.75) is 12.5 Å². The molecule has 23 heavy (non-hydrogen) atoms. The maximum atomic E-state index is 12.2. The van der Waals surface area contributed by atoms with Crippen LogP contribution in [0.4, 0.5) is 0 Å². The third-order valence-electron chi connectivity index (χ3n) is 3.70. The van der Waals surface area contributed by atoms with Crippen LogP contribution in [-0.2, 0) is 4.79 Å². The van der Waals surface area contributed by atoms with Crippen LogP contribution in [-0.4, -0.2) is 35.0 Å². The molecule has 0 N–H and O–H groups in total. The van der Waals surface area contributed by atoms with Crippen molar-refractivity contribution in [1.82, 2.24) is 9.88 Å². The van der Waals surface area contributed by atoms with Gasteiger partial charge in [0, 0.05) is 37.5 Å². The fourth-order valence-corrected chi connectivity index (χ4v) is 2.66. The van der Waals surface area contributed by atoms with Crippen LogP contribution < -0.4 is 4.74 Å². The number of hydrogen-bond donors (Lipinski definition) is 0. The van der Waals surface area contributed by atoms with Gasteiger partial charge in [0.25, 0.3) is 0 Å². The largest absolute Gasteiger partial charge is 0.487 e. The van der Waals surface area contributed by atoms with E-state index < -0.39 is 0 Å². The average Bonchev–Trinajstić information content (AvgIpc) is 3.04. The van der Waals surface area contributed by atoms with E-state index in [2.05, 4.69) is 4.98 Å². The number of hydrogen-bond acceptors (Lipinski definition) is 3. The maximum Gasteiger partial charge on any atom is 0.246 e. The summed E-state index contributed by atoms with van der Waals surface area (Å²) in [4.78, 5) is 18.0. The molecule has 4 nitrogen and oxygen atoms in total. The van der Waals surface area contributed by atoms with Gasteiger partial charge in [0.1, 0.15) is 16.9 Å². The molecule has 2 aromatic rings. The van der Waals surface area contributed by atoms with Crippen molar-refractivity contribution in [1.29, 1.82) is 0 Å². The summed E-state index contributed by atoms with van der Waals surface area (Å²) in [5.74, 6) is 0.613. The van der Waals surface area contributed by atoms with E-state index in [9.17, 15) is 4.79 Å². The van der Waals surface area contributed by atoms with Crippen LogP contribution in [0, 0.1) is 0 Å². The Balaban J connectivity index is 1.56. The smallest absolute Gasteiger partial charge is 0.246 e. The second-order valence-electron chi connectivity index (χ2n) is 5.36. The van der Waals surface area contributed by atoms with E-state index in [1.807, 2.05) is 36.4 Å². The molecule has 1 aromatic carbocycles. The molecular weight excluding hydrogens is 312 g/mol. The summed E-state index contributed by atoms with van der Waals surface area (Å²) in [7, 11) is 0. The van der Waals surface area contributed by atoms with Crippen LogP contribution in [0.3, 0.4) is 0 Å². The van der Waals surface area contributed by atoms with Crippen molar-refractivity contribution in [2.75, 3.05) is 13.1 Å². The first-order valence-electron chi connectivity index (χ1n) is 7.50. The normalized spacial score (nSPS) is 17.6. The van der Waals surface area contributed by atoms with Gasteiger partial charge in [0.15, 0.2) is 0 Å². The molecule has 1 saturated heterocycles. The highest BCUT2D eigenvalue weighted by atomic mass is 35.5. The van der Waals surface area contributed by atoms with E-state index in [0.29, 0.717) is 23.9 Å². The zero-order chi connectivity index (χ0) is 16.1. The Bertz CT molecular complexity index is 703. The van der Waals surface area contributed by atoms with Crippen molar-refractivity contribution in [2.24, 2.45) is 0 Å². The topological polar surface area (TPSA) is 42.4 Å². The molecule has 1 aliphatic heterocycles. The standard InChI is InChI=1S/C18H17ClN2O2/c19-16-12-20-10-8-17(16)23-15-9-11-21(13-15)18(22)7-6-14-4-2-1-3-5-14/h1-8,10,12,15H,9,11,13H2. The van der Waals surface area contributed by atoms with Gasteiger partial charge in [-0.15, -0.1) is 0 Å². The number of aromatic nitrogens is 1. The van der Waals surface area contributed by atoms with Crippen molar-refractivity contribution >= 4 is 23.6 Å². The number of carbonyl (C=O) groups excluding carboxylic acids is 1. The molecule has 0 radical (unpaired) electrons. The van der Waals surface area contributed by atoms with Crippen molar-refractivity contribution in [3.63, 3.8) is 0 Å². The molecule has 118 valence electrons. The van der Waals surface area contributed by atoms with Crippen molar-refractivity contribution in [3.8, 4) is 5.75 Å². The van der Waals surface area contributed by atoms with Crippen LogP contribution >= 0.6 is 11.6 Å². The predicted molar refractivity (Wildman–Crippen MR) is 90.3 cm³/mol. The zero-order valence-corrected chi connectivity index (χ0v) is 13.3. The minimum absolute atomic E-state index is 0.000721. The van der Waals surface area contributed by atoms with Crippen molar-refractivity contribution < 1.29 is 9.53 Å². The monoisotopic (exact) mass is 328 g/mol. The fraction of sp³-hybridized carbons (Fsp3) is 0.222. The van der Waals surface area contributed by atoms with Gasteiger partial charge < -0.3 is 9.64 Å². The molecule has 1 atom stereocenters. The number of benzene rings is 1. The lowest BCUT2D eigenvalue weighted by Gasteiger charge is -2.16. The summed E-state index contributed by atoms with van der Waals surface area (Å²) < 4.78 is 5.86. The number of nitrogens with zero attached hydrogens (tertiary/aromatic N) is 2. The van der Waals surface area contributed by atoms with Gasteiger partial charge in [0.2, 0.25) is 5.91 Å². The van der Waals surface area contributed by atoms with E-state index in [-0.39, 0.29) is 12.0 Å². The molecular formula is C18H17ClN2O2. The third kappa shape index (κ3) is 4.11. The summed E-state index contributed by atoms with van der Waals surface area (Å²) >= 11 is 6.04. The van der Waals surface area contributed by atoms with Gasteiger partial charge in [0.05, 0.1) is 6.54 Å². The van der Waals surface area contributed by atoms with Crippen LogP contribution in [0.25, 0.3) is 6.08 Å². The number of amides is 1. The van der Waals surface area contributed by atoms with E-state index in [1.54, 1.807) is 29.4 Å². The second kappa shape index (κ2) is 7.29. The van der Waals surface area contributed by atoms with Crippen LogP contribution in [0.15, 0.2) is 54.9 Å². The Labute approximate surface area is 140 Å². The minimum Gasteiger partial charge on any atom is -0.487 e. The molecule has 0 spiro atoms. The van der Waals surface area contributed by atoms with Gasteiger partial charge in [-0.3, -0.25) is 9.78 Å². The molecule has 5 heteroatoms. The first-order chi connectivity index (χ1) is 11.2. The lowest BCUT2D eigenvalue weighted by Crippen LogP contribution is -2.29. The highest BCUT2D eigenvalue weighted by Crippen LogP contribution is 2.25.